The van der Waals surface area contributed by atoms with Gasteiger partial charge in [-0.05, 0) is 43.2 Å². The summed E-state index contributed by atoms with van der Waals surface area (Å²) in [5, 5.41) is 8.53. The molecule has 3 N–H and O–H groups in total. The summed E-state index contributed by atoms with van der Waals surface area (Å²) >= 11 is 0. The number of nitrogens with one attached hydrogen (secondary N) is 1. The highest BCUT2D eigenvalue weighted by atomic mass is 32.2. The molecule has 0 saturated carbocycles. The molecule has 9 heteroatoms. The van der Waals surface area contributed by atoms with E-state index in [1.807, 2.05) is 18.2 Å². The first-order valence-corrected chi connectivity index (χ1v) is 12.0. The zero-order chi connectivity index (χ0) is 22.3. The Morgan fingerprint density at radius 3 is 2.39 bits per heavy atom. The van der Waals surface area contributed by atoms with Gasteiger partial charge in [0, 0.05) is 39.3 Å². The van der Waals surface area contributed by atoms with Crippen LogP contribution in [0.25, 0.3) is 0 Å². The van der Waals surface area contributed by atoms with Crippen LogP contribution in [0.5, 0.6) is 5.75 Å². The number of hydrogen-bond acceptors (Lipinski definition) is 5. The van der Waals surface area contributed by atoms with E-state index in [0.717, 1.165) is 62.1 Å². The molecule has 8 nitrogen and oxygen atoms in total. The van der Waals surface area contributed by atoms with Crippen LogP contribution in [0.2, 0.25) is 0 Å². The lowest BCUT2D eigenvalue weighted by Gasteiger charge is -2.38. The Kier molecular flexibility index (Phi) is 7.75. The van der Waals surface area contributed by atoms with Crippen molar-refractivity contribution in [3.05, 3.63) is 54.1 Å². The van der Waals surface area contributed by atoms with Gasteiger partial charge in [-0.1, -0.05) is 24.3 Å². The van der Waals surface area contributed by atoms with Gasteiger partial charge in [0.05, 0.1) is 17.7 Å². The fourth-order valence-corrected chi connectivity index (χ4v) is 4.13. The van der Waals surface area contributed by atoms with E-state index in [9.17, 15) is 8.42 Å². The van der Waals surface area contributed by atoms with Gasteiger partial charge in [0.2, 0.25) is 10.0 Å². The summed E-state index contributed by atoms with van der Waals surface area (Å²) in [6, 6.07) is 14.7. The summed E-state index contributed by atoms with van der Waals surface area (Å²) in [4.78, 5) is 9.52. The first-order valence-electron chi connectivity index (χ1n) is 10.5. The zero-order valence-electron chi connectivity index (χ0n) is 18.1. The van der Waals surface area contributed by atoms with E-state index in [0.29, 0.717) is 6.54 Å². The largest absolute Gasteiger partial charge is 0.495 e. The summed E-state index contributed by atoms with van der Waals surface area (Å²) in [5.41, 5.74) is 2.14. The lowest BCUT2D eigenvalue weighted by Crippen LogP contribution is -2.52. The summed E-state index contributed by atoms with van der Waals surface area (Å²) in [6.45, 7) is 6.99. The van der Waals surface area contributed by atoms with E-state index in [-0.39, 0.29) is 4.90 Å². The minimum Gasteiger partial charge on any atom is -0.495 e. The fraction of sp³-hybridized carbons (Fsp3) is 0.409. The zero-order valence-corrected chi connectivity index (χ0v) is 18.9. The van der Waals surface area contributed by atoms with Gasteiger partial charge in [0.1, 0.15) is 5.75 Å². The van der Waals surface area contributed by atoms with Crippen molar-refractivity contribution >= 4 is 21.7 Å². The molecule has 0 bridgehead atoms. The molecule has 31 heavy (non-hydrogen) atoms. The minimum absolute atomic E-state index is 0.126. The number of hydrogen-bond donors (Lipinski definition) is 2. The van der Waals surface area contributed by atoms with E-state index < -0.39 is 10.0 Å². The molecule has 2 aromatic rings. The molecule has 3 rings (SSSR count). The number of ether oxygens (including phenoxy) is 1. The third-order valence-corrected chi connectivity index (χ3v) is 6.18. The molecule has 2 aromatic carbocycles. The number of nitrogens with zero attached hydrogens (tertiary/aromatic N) is 3. The third kappa shape index (κ3) is 6.11. The van der Waals surface area contributed by atoms with Crippen LogP contribution in [0, 0.1) is 0 Å². The number of para-hydroxylation sites is 2. The number of aliphatic imine (C=N–C) groups is 1. The van der Waals surface area contributed by atoms with E-state index in [1.165, 1.54) is 12.1 Å². The maximum Gasteiger partial charge on any atom is 0.238 e. The topological polar surface area (TPSA) is 100 Å². The number of piperazine rings is 1. The van der Waals surface area contributed by atoms with E-state index in [2.05, 4.69) is 28.1 Å². The molecule has 168 valence electrons. The molecule has 1 aliphatic rings. The van der Waals surface area contributed by atoms with Gasteiger partial charge >= 0.3 is 0 Å². The number of sulfonamides is 1. The molecule has 0 radical (unpaired) electrons. The van der Waals surface area contributed by atoms with Crippen LogP contribution in [-0.2, 0) is 16.4 Å². The first kappa shape index (κ1) is 22.9. The highest BCUT2D eigenvalue weighted by Gasteiger charge is 2.21. The monoisotopic (exact) mass is 445 g/mol. The van der Waals surface area contributed by atoms with Crippen molar-refractivity contribution in [3.8, 4) is 5.75 Å². The standard InChI is InChI=1S/C22H31N5O3S/c1-3-24-22(25-13-12-18-8-10-19(11-9-18)31(23,28)29)27-16-14-26(15-17-27)20-6-4-5-7-21(20)30-2/h4-11H,3,12-17H2,1-2H3,(H,24,25)(H2,23,28,29). The predicted molar refractivity (Wildman–Crippen MR) is 124 cm³/mol. The van der Waals surface area contributed by atoms with Crippen LogP contribution in [0.15, 0.2) is 58.4 Å². The summed E-state index contributed by atoms with van der Waals surface area (Å²) < 4.78 is 28.3. The molecule has 0 unspecified atom stereocenters. The minimum atomic E-state index is -3.66. The average molecular weight is 446 g/mol. The fourth-order valence-electron chi connectivity index (χ4n) is 3.61. The number of guanidine groups is 1. The molecular weight excluding hydrogens is 414 g/mol. The molecule has 1 heterocycles. The molecule has 0 aliphatic carbocycles. The maximum atomic E-state index is 11.4. The van der Waals surface area contributed by atoms with Gasteiger partial charge in [-0.3, -0.25) is 4.99 Å². The summed E-state index contributed by atoms with van der Waals surface area (Å²) in [7, 11) is -1.96. The number of rotatable bonds is 7. The normalized spacial score (nSPS) is 15.1. The molecule has 0 amide bonds. The van der Waals surface area contributed by atoms with Gasteiger partial charge in [-0.15, -0.1) is 0 Å². The van der Waals surface area contributed by atoms with Crippen molar-refractivity contribution in [2.24, 2.45) is 10.1 Å². The number of methoxy groups -OCH3 is 1. The summed E-state index contributed by atoms with van der Waals surface area (Å²) in [6.07, 6.45) is 0.723. The Morgan fingerprint density at radius 1 is 1.10 bits per heavy atom. The lowest BCUT2D eigenvalue weighted by atomic mass is 10.1. The lowest BCUT2D eigenvalue weighted by molar-refractivity contribution is 0.367. The average Bonchev–Trinajstić information content (AvgIpc) is 2.78. The van der Waals surface area contributed by atoms with Gasteiger partial charge < -0.3 is 19.9 Å². The highest BCUT2D eigenvalue weighted by molar-refractivity contribution is 7.89. The maximum absolute atomic E-state index is 11.4. The van der Waals surface area contributed by atoms with Crippen molar-refractivity contribution in [2.45, 2.75) is 18.2 Å². The van der Waals surface area contributed by atoms with Gasteiger partial charge in [-0.2, -0.15) is 0 Å². The SMILES string of the molecule is CCNC(=NCCc1ccc(S(N)(=O)=O)cc1)N1CCN(c2ccccc2OC)CC1. The second-order valence-electron chi connectivity index (χ2n) is 7.32. The number of benzene rings is 2. The second kappa shape index (κ2) is 10.5. The smallest absolute Gasteiger partial charge is 0.238 e. The second-order valence-corrected chi connectivity index (χ2v) is 8.88. The molecule has 1 fully saturated rings. The molecule has 0 spiro atoms. The van der Waals surface area contributed by atoms with Crippen molar-refractivity contribution in [1.82, 2.24) is 10.2 Å². The Morgan fingerprint density at radius 2 is 1.77 bits per heavy atom. The van der Waals surface area contributed by atoms with Crippen molar-refractivity contribution in [2.75, 3.05) is 51.3 Å². The van der Waals surface area contributed by atoms with Gasteiger partial charge in [0.15, 0.2) is 5.96 Å². The number of primary sulfonamides is 1. The molecule has 0 atom stereocenters. The number of nitrogens with two attached hydrogens (primary N) is 1. The molecule has 1 aliphatic heterocycles. The van der Waals surface area contributed by atoms with E-state index >= 15 is 0 Å². The van der Waals surface area contributed by atoms with Crippen LogP contribution in [0.1, 0.15) is 12.5 Å². The van der Waals surface area contributed by atoms with E-state index in [4.69, 9.17) is 14.9 Å². The van der Waals surface area contributed by atoms with Gasteiger partial charge in [-0.25, -0.2) is 13.6 Å². The van der Waals surface area contributed by atoms with Crippen molar-refractivity contribution < 1.29 is 13.2 Å². The molecular formula is C22H31N5O3S. The van der Waals surface area contributed by atoms with Crippen LogP contribution >= 0.6 is 0 Å². The predicted octanol–water partition coefficient (Wildman–Crippen LogP) is 1.67. The van der Waals surface area contributed by atoms with Crippen molar-refractivity contribution in [1.29, 1.82) is 0 Å². The Hall–Kier alpha value is -2.78. The molecule has 0 aromatic heterocycles. The van der Waals surface area contributed by atoms with Gasteiger partial charge in [0.25, 0.3) is 0 Å². The van der Waals surface area contributed by atoms with E-state index in [1.54, 1.807) is 19.2 Å². The summed E-state index contributed by atoms with van der Waals surface area (Å²) in [5.74, 6) is 1.80. The van der Waals surface area contributed by atoms with Crippen molar-refractivity contribution in [3.63, 3.8) is 0 Å². The van der Waals surface area contributed by atoms with Crippen LogP contribution in [0.3, 0.4) is 0 Å². The Balaban J connectivity index is 1.59. The Bertz CT molecular complexity index is 984. The highest BCUT2D eigenvalue weighted by Crippen LogP contribution is 2.28. The van der Waals surface area contributed by atoms with Crippen LogP contribution < -0.4 is 20.1 Å². The Labute approximate surface area is 184 Å². The molecule has 1 saturated heterocycles. The first-order chi connectivity index (χ1) is 14.9. The quantitative estimate of drug-likeness (QED) is 0.497. The third-order valence-electron chi connectivity index (χ3n) is 5.25. The van der Waals surface area contributed by atoms with Crippen LogP contribution in [-0.4, -0.2) is 65.7 Å². The number of anilines is 1. The van der Waals surface area contributed by atoms with Crippen LogP contribution in [0.4, 0.5) is 5.69 Å².